The number of ketones is 1. The molecule has 4 rings (SSSR count). The molecule has 0 amide bonds. The lowest BCUT2D eigenvalue weighted by molar-refractivity contribution is 0.103. The molecule has 0 radical (unpaired) electrons. The topological polar surface area (TPSA) is 59.2 Å². The van der Waals surface area contributed by atoms with E-state index in [2.05, 4.69) is 20.2 Å². The molecular weight excluding hydrogens is 256 g/mol. The molecule has 0 aromatic carbocycles. The zero-order chi connectivity index (χ0) is 13.5. The minimum atomic E-state index is -0.0245. The van der Waals surface area contributed by atoms with E-state index in [-0.39, 0.29) is 5.78 Å². The highest BCUT2D eigenvalue weighted by atomic mass is 16.1. The normalized spacial score (nSPS) is 17.8. The predicted molar refractivity (Wildman–Crippen MR) is 73.0 cm³/mol. The average molecular weight is 272 g/mol. The summed E-state index contributed by atoms with van der Waals surface area (Å²) in [6.07, 6.45) is 9.21. The number of aromatic nitrogens is 4. The summed E-state index contributed by atoms with van der Waals surface area (Å²) in [6, 6.07) is 0. The quantitative estimate of drug-likeness (QED) is 0.733. The van der Waals surface area contributed by atoms with Crippen LogP contribution in [0, 0.1) is 0 Å². The summed E-state index contributed by atoms with van der Waals surface area (Å²) in [5, 5.41) is 12.7. The first-order valence-electron chi connectivity index (χ1n) is 6.96. The van der Waals surface area contributed by atoms with Crippen LogP contribution in [0.4, 0.5) is 0 Å². The van der Waals surface area contributed by atoms with Crippen LogP contribution in [0.2, 0.25) is 0 Å². The highest BCUT2D eigenvalue weighted by molar-refractivity contribution is 6.08. The van der Waals surface area contributed by atoms with Crippen LogP contribution >= 0.6 is 0 Å². The molecule has 20 heavy (non-hydrogen) atoms. The van der Waals surface area contributed by atoms with Crippen molar-refractivity contribution >= 4 is 5.78 Å². The maximum absolute atomic E-state index is 12.4. The van der Waals surface area contributed by atoms with Gasteiger partial charge in [-0.15, -0.1) is 0 Å². The first-order valence-corrected chi connectivity index (χ1v) is 6.96. The number of hydrogen-bond acceptors (Lipinski definition) is 5. The van der Waals surface area contributed by atoms with E-state index >= 15 is 0 Å². The summed E-state index contributed by atoms with van der Waals surface area (Å²) in [7, 11) is 0. The molecule has 0 N–H and O–H groups in total. The molecule has 2 aromatic rings. The van der Waals surface area contributed by atoms with Crippen molar-refractivity contribution in [3.05, 3.63) is 35.9 Å². The Hall–Kier alpha value is -2.31. The highest BCUT2D eigenvalue weighted by Gasteiger charge is 2.20. The molecule has 2 aliphatic rings. The third-order valence-electron chi connectivity index (χ3n) is 3.91. The Morgan fingerprint density at radius 1 is 0.850 bits per heavy atom. The van der Waals surface area contributed by atoms with Gasteiger partial charge in [-0.05, 0) is 12.8 Å². The van der Waals surface area contributed by atoms with E-state index < -0.39 is 0 Å². The average Bonchev–Trinajstić information content (AvgIpc) is 2.93. The van der Waals surface area contributed by atoms with Crippen molar-refractivity contribution in [2.45, 2.75) is 12.8 Å². The number of carbonyl (C=O) groups excluding carboxylic acids is 1. The first kappa shape index (κ1) is 11.5. The van der Waals surface area contributed by atoms with Crippen LogP contribution in [0.1, 0.15) is 28.8 Å². The van der Waals surface area contributed by atoms with Gasteiger partial charge in [0.25, 0.3) is 0 Å². The highest BCUT2D eigenvalue weighted by Crippen LogP contribution is 2.12. The molecule has 0 bridgehead atoms. The Morgan fingerprint density at radius 3 is 1.65 bits per heavy atom. The number of nitrogens with zero attached hydrogens (tertiary/aromatic N) is 6. The summed E-state index contributed by atoms with van der Waals surface area (Å²) in [5.41, 5.74) is 1.22. The molecule has 2 aliphatic heterocycles. The molecule has 0 aliphatic carbocycles. The van der Waals surface area contributed by atoms with Gasteiger partial charge in [-0.2, -0.15) is 19.8 Å². The molecule has 2 saturated heterocycles. The molecule has 2 fully saturated rings. The molecule has 0 spiro atoms. The largest absolute Gasteiger partial charge is 0.297 e. The molecule has 0 unspecified atom stereocenters. The molecule has 104 valence electrons. The van der Waals surface area contributed by atoms with Crippen molar-refractivity contribution in [1.82, 2.24) is 19.8 Å². The van der Waals surface area contributed by atoms with Crippen LogP contribution in [0.15, 0.2) is 24.8 Å². The second-order valence-corrected chi connectivity index (χ2v) is 5.24. The Labute approximate surface area is 116 Å². The fourth-order valence-corrected chi connectivity index (χ4v) is 2.34. The van der Waals surface area contributed by atoms with Gasteiger partial charge in [-0.3, -0.25) is 14.8 Å². The van der Waals surface area contributed by atoms with Crippen molar-refractivity contribution in [2.75, 3.05) is 36.2 Å². The summed E-state index contributed by atoms with van der Waals surface area (Å²) in [4.78, 5) is 15.9. The van der Waals surface area contributed by atoms with Crippen molar-refractivity contribution in [3.8, 4) is 0 Å². The summed E-state index contributed by atoms with van der Waals surface area (Å²) < 4.78 is 0. The lowest BCUT2D eigenvalue weighted by atomic mass is 10.1. The van der Waals surface area contributed by atoms with Gasteiger partial charge in [0.1, 0.15) is 0 Å². The molecule has 4 heterocycles. The molecule has 0 atom stereocenters. The Morgan fingerprint density at radius 2 is 1.30 bits per heavy atom. The maximum atomic E-state index is 12.4. The predicted octanol–water partition coefficient (Wildman–Crippen LogP) is -0.00600. The van der Waals surface area contributed by atoms with Crippen LogP contribution in [-0.2, 0) is 0 Å². The molecule has 7 heteroatoms. The van der Waals surface area contributed by atoms with E-state index in [1.54, 1.807) is 34.4 Å². The van der Waals surface area contributed by atoms with Gasteiger partial charge in [0.2, 0.25) is 0 Å². The second-order valence-electron chi connectivity index (χ2n) is 5.24. The van der Waals surface area contributed by atoms with Crippen LogP contribution in [0.25, 0.3) is 0 Å². The monoisotopic (exact) mass is 272 g/mol. The smallest absolute Gasteiger partial charge is 0.199 e. The van der Waals surface area contributed by atoms with E-state index in [4.69, 9.17) is 0 Å². The number of rotatable bonds is 4. The second kappa shape index (κ2) is 4.36. The van der Waals surface area contributed by atoms with Gasteiger partial charge < -0.3 is 0 Å². The summed E-state index contributed by atoms with van der Waals surface area (Å²) in [5.74, 6) is -0.0245. The maximum Gasteiger partial charge on any atom is 0.199 e. The molecular formula is C13H16N6O. The molecule has 7 nitrogen and oxygen atoms in total. The molecule has 0 saturated carbocycles. The van der Waals surface area contributed by atoms with Crippen molar-refractivity contribution in [1.29, 1.82) is 0 Å². The summed E-state index contributed by atoms with van der Waals surface area (Å²) >= 11 is 0. The third-order valence-corrected chi connectivity index (χ3v) is 3.91. The standard InChI is InChI=1S/C13H16N6O/c20-13(11-7-14-18(9-11)16-3-1-4-16)12-8-15-19(10-12)17-5-2-6-17/h7-10H,1-6H2. The van der Waals surface area contributed by atoms with Gasteiger partial charge in [0.15, 0.2) is 5.78 Å². The summed E-state index contributed by atoms with van der Waals surface area (Å²) in [6.45, 7) is 4.01. The van der Waals surface area contributed by atoms with Crippen LogP contribution in [0.5, 0.6) is 0 Å². The van der Waals surface area contributed by atoms with E-state index in [9.17, 15) is 4.79 Å². The van der Waals surface area contributed by atoms with Gasteiger partial charge in [-0.25, -0.2) is 0 Å². The Kier molecular flexibility index (Phi) is 2.51. The van der Waals surface area contributed by atoms with E-state index in [0.717, 1.165) is 26.2 Å². The number of hydrogen-bond donors (Lipinski definition) is 0. The minimum absolute atomic E-state index is 0.0245. The lowest BCUT2D eigenvalue weighted by Crippen LogP contribution is -2.46. The zero-order valence-electron chi connectivity index (χ0n) is 11.1. The van der Waals surface area contributed by atoms with E-state index in [1.165, 1.54) is 12.8 Å². The van der Waals surface area contributed by atoms with E-state index in [0.29, 0.717) is 11.1 Å². The van der Waals surface area contributed by atoms with Gasteiger partial charge in [0.05, 0.1) is 35.9 Å². The Balaban J connectivity index is 1.53. The third kappa shape index (κ3) is 1.77. The molecule has 2 aromatic heterocycles. The fraction of sp³-hybridized carbons (Fsp3) is 0.462. The van der Waals surface area contributed by atoms with Crippen molar-refractivity contribution in [2.24, 2.45) is 0 Å². The van der Waals surface area contributed by atoms with E-state index in [1.807, 2.05) is 0 Å². The zero-order valence-corrected chi connectivity index (χ0v) is 11.1. The van der Waals surface area contributed by atoms with Crippen molar-refractivity contribution < 1.29 is 4.79 Å². The van der Waals surface area contributed by atoms with Gasteiger partial charge >= 0.3 is 0 Å². The van der Waals surface area contributed by atoms with Gasteiger partial charge in [0, 0.05) is 26.2 Å². The van der Waals surface area contributed by atoms with Crippen LogP contribution in [0.3, 0.4) is 0 Å². The first-order chi connectivity index (χ1) is 9.81. The SMILES string of the molecule is O=C(c1cnn(N2CCC2)c1)c1cnn(N2CCC2)c1. The Bertz CT molecular complexity index is 583. The van der Waals surface area contributed by atoms with Crippen LogP contribution in [-0.4, -0.2) is 51.7 Å². The van der Waals surface area contributed by atoms with Gasteiger partial charge in [-0.1, -0.05) is 0 Å². The lowest BCUT2D eigenvalue weighted by Gasteiger charge is -2.32. The number of carbonyl (C=O) groups is 1. The van der Waals surface area contributed by atoms with Crippen molar-refractivity contribution in [3.63, 3.8) is 0 Å². The fourth-order valence-electron chi connectivity index (χ4n) is 2.34. The minimum Gasteiger partial charge on any atom is -0.297 e. The van der Waals surface area contributed by atoms with Crippen LogP contribution < -0.4 is 10.0 Å².